The molecule has 6 rings (SSSR count). The van der Waals surface area contributed by atoms with Gasteiger partial charge in [-0.1, -0.05) is 48.5 Å². The maximum absolute atomic E-state index is 13.3. The zero-order valence-corrected chi connectivity index (χ0v) is 20.0. The van der Waals surface area contributed by atoms with Gasteiger partial charge in [-0.25, -0.2) is 0 Å². The van der Waals surface area contributed by atoms with Gasteiger partial charge in [0, 0.05) is 33.1 Å². The molecule has 0 radical (unpaired) electrons. The highest BCUT2D eigenvalue weighted by Crippen LogP contribution is 2.44. The average Bonchev–Trinajstić information content (AvgIpc) is 3.29. The summed E-state index contributed by atoms with van der Waals surface area (Å²) < 4.78 is 0. The number of carbonyl (C=O) groups is 1. The van der Waals surface area contributed by atoms with Crippen molar-refractivity contribution in [2.24, 2.45) is 10.2 Å². The number of fused-ring (bicyclic) bond motifs is 5. The fourth-order valence-corrected chi connectivity index (χ4v) is 4.60. The summed E-state index contributed by atoms with van der Waals surface area (Å²) in [6.45, 7) is 1.91. The van der Waals surface area contributed by atoms with Crippen LogP contribution in [-0.2, 0) is 0 Å². The number of anilines is 2. The lowest BCUT2D eigenvalue weighted by molar-refractivity contribution is 0.102. The van der Waals surface area contributed by atoms with Gasteiger partial charge in [0.25, 0.3) is 5.91 Å². The maximum atomic E-state index is 13.3. The van der Waals surface area contributed by atoms with E-state index in [4.69, 9.17) is 5.73 Å². The van der Waals surface area contributed by atoms with Crippen molar-refractivity contribution in [1.82, 2.24) is 4.98 Å². The molecule has 0 fully saturated rings. The van der Waals surface area contributed by atoms with Crippen LogP contribution in [0.3, 0.4) is 0 Å². The molecule has 0 atom stereocenters. The number of phenols is 1. The standard InChI is InChI=1S/C30H23N5O2/c1-17-6-2-4-8-24(17)33-30(37)23-16-18-10-15-22-21-7-3-5-9-25(21)32-27(22)26(18)28(29(23)36)35-34-20-13-11-19(31)12-14-20/h2-16,32,36H,31H2,1H3,(H,33,37). The number of azo groups is 1. The van der Waals surface area contributed by atoms with Gasteiger partial charge >= 0.3 is 0 Å². The molecule has 6 aromatic rings. The van der Waals surface area contributed by atoms with Crippen molar-refractivity contribution in [3.8, 4) is 5.75 Å². The molecule has 1 heterocycles. The highest BCUT2D eigenvalue weighted by molar-refractivity contribution is 6.22. The Hall–Kier alpha value is -5.17. The van der Waals surface area contributed by atoms with E-state index in [2.05, 4.69) is 20.5 Å². The second kappa shape index (κ2) is 8.80. The number of nitrogens with one attached hydrogen (secondary N) is 2. The highest BCUT2D eigenvalue weighted by atomic mass is 16.3. The third-order valence-electron chi connectivity index (χ3n) is 6.53. The number of H-pyrrole nitrogens is 1. The number of rotatable bonds is 4. The fraction of sp³-hybridized carbons (Fsp3) is 0.0333. The minimum Gasteiger partial charge on any atom is -0.505 e. The molecule has 0 aliphatic rings. The lowest BCUT2D eigenvalue weighted by atomic mass is 10.00. The number of aromatic nitrogens is 1. The average molecular weight is 486 g/mol. The van der Waals surface area contributed by atoms with Gasteiger partial charge in [0.2, 0.25) is 0 Å². The molecule has 0 saturated heterocycles. The lowest BCUT2D eigenvalue weighted by Crippen LogP contribution is -2.13. The van der Waals surface area contributed by atoms with Gasteiger partial charge in [-0.3, -0.25) is 4.79 Å². The van der Waals surface area contributed by atoms with Gasteiger partial charge in [0.1, 0.15) is 5.69 Å². The summed E-state index contributed by atoms with van der Waals surface area (Å²) in [6, 6.07) is 28.1. The van der Waals surface area contributed by atoms with Crippen LogP contribution in [0.1, 0.15) is 15.9 Å². The Bertz CT molecular complexity index is 1850. The Morgan fingerprint density at radius 3 is 2.46 bits per heavy atom. The van der Waals surface area contributed by atoms with E-state index in [9.17, 15) is 9.90 Å². The van der Waals surface area contributed by atoms with E-state index < -0.39 is 5.91 Å². The van der Waals surface area contributed by atoms with Crippen LogP contribution in [0.4, 0.5) is 22.7 Å². The van der Waals surface area contributed by atoms with Crippen molar-refractivity contribution in [3.63, 3.8) is 0 Å². The van der Waals surface area contributed by atoms with E-state index in [-0.39, 0.29) is 17.0 Å². The number of aryl methyl sites for hydroxylation is 1. The zero-order valence-electron chi connectivity index (χ0n) is 20.0. The monoisotopic (exact) mass is 485 g/mol. The van der Waals surface area contributed by atoms with Crippen LogP contribution < -0.4 is 11.1 Å². The number of para-hydroxylation sites is 2. The largest absolute Gasteiger partial charge is 0.505 e. The molecule has 5 N–H and O–H groups in total. The van der Waals surface area contributed by atoms with Crippen LogP contribution in [0, 0.1) is 6.92 Å². The molecule has 0 spiro atoms. The van der Waals surface area contributed by atoms with Crippen LogP contribution >= 0.6 is 0 Å². The molecule has 0 bridgehead atoms. The number of nitrogens with zero attached hydrogens (tertiary/aromatic N) is 2. The van der Waals surface area contributed by atoms with Gasteiger partial charge in [-0.15, -0.1) is 5.11 Å². The summed E-state index contributed by atoms with van der Waals surface area (Å²) in [4.78, 5) is 16.8. The second-order valence-corrected chi connectivity index (χ2v) is 8.94. The summed E-state index contributed by atoms with van der Waals surface area (Å²) in [6.07, 6.45) is 0. The van der Waals surface area contributed by atoms with Gasteiger partial charge in [-0.2, -0.15) is 5.11 Å². The first-order valence-corrected chi connectivity index (χ1v) is 11.8. The fourth-order valence-electron chi connectivity index (χ4n) is 4.60. The SMILES string of the molecule is Cc1ccccc1NC(=O)c1cc2ccc3c4ccccc4[nH]c3c2c(N=Nc2ccc(N)cc2)c1O. The van der Waals surface area contributed by atoms with Crippen LogP contribution in [-0.4, -0.2) is 16.0 Å². The Labute approximate surface area is 212 Å². The van der Waals surface area contributed by atoms with Crippen molar-refractivity contribution >= 4 is 61.2 Å². The van der Waals surface area contributed by atoms with E-state index in [0.717, 1.165) is 32.8 Å². The normalized spacial score (nSPS) is 11.6. The molecule has 0 saturated carbocycles. The molecule has 1 amide bonds. The molecule has 0 aliphatic heterocycles. The Morgan fingerprint density at radius 1 is 0.892 bits per heavy atom. The zero-order chi connectivity index (χ0) is 25.5. The van der Waals surface area contributed by atoms with Crippen molar-refractivity contribution in [3.05, 3.63) is 102 Å². The molecule has 0 unspecified atom stereocenters. The molecule has 7 heteroatoms. The van der Waals surface area contributed by atoms with Crippen LogP contribution in [0.15, 0.2) is 101 Å². The summed E-state index contributed by atoms with van der Waals surface area (Å²) >= 11 is 0. The first-order chi connectivity index (χ1) is 18.0. The van der Waals surface area contributed by atoms with Crippen molar-refractivity contribution in [2.75, 3.05) is 11.1 Å². The number of amides is 1. The van der Waals surface area contributed by atoms with E-state index in [1.807, 2.05) is 67.6 Å². The van der Waals surface area contributed by atoms with Crippen LogP contribution in [0.25, 0.3) is 32.6 Å². The Morgan fingerprint density at radius 2 is 1.65 bits per heavy atom. The van der Waals surface area contributed by atoms with Crippen molar-refractivity contribution in [2.45, 2.75) is 6.92 Å². The summed E-state index contributed by atoms with van der Waals surface area (Å²) in [5.74, 6) is -0.682. The van der Waals surface area contributed by atoms with Crippen LogP contribution in [0.2, 0.25) is 0 Å². The van der Waals surface area contributed by atoms with E-state index in [1.165, 1.54) is 0 Å². The molecule has 180 valence electrons. The predicted octanol–water partition coefficient (Wildman–Crippen LogP) is 7.74. The van der Waals surface area contributed by atoms with Gasteiger partial charge in [0.15, 0.2) is 5.75 Å². The van der Waals surface area contributed by atoms with E-state index in [0.29, 0.717) is 22.4 Å². The third kappa shape index (κ3) is 3.92. The van der Waals surface area contributed by atoms with Crippen molar-refractivity contribution < 1.29 is 9.90 Å². The summed E-state index contributed by atoms with van der Waals surface area (Å²) in [5, 5.41) is 26.6. The number of aromatic amines is 1. The van der Waals surface area contributed by atoms with Crippen molar-refractivity contribution in [1.29, 1.82) is 0 Å². The Balaban J connectivity index is 1.58. The van der Waals surface area contributed by atoms with E-state index >= 15 is 0 Å². The number of phenolic OH excluding ortho intramolecular Hbond substituents is 1. The quantitative estimate of drug-likeness (QED) is 0.151. The summed E-state index contributed by atoms with van der Waals surface area (Å²) in [5.41, 5.74) is 10.7. The number of nitrogen functional groups attached to an aromatic ring is 1. The molecule has 0 aliphatic carbocycles. The van der Waals surface area contributed by atoms with Gasteiger partial charge in [0.05, 0.1) is 16.8 Å². The minimum absolute atomic E-state index is 0.109. The van der Waals surface area contributed by atoms with Crippen LogP contribution in [0.5, 0.6) is 5.75 Å². The smallest absolute Gasteiger partial charge is 0.259 e. The van der Waals surface area contributed by atoms with Gasteiger partial charge < -0.3 is 21.1 Å². The lowest BCUT2D eigenvalue weighted by Gasteiger charge is -2.13. The molecular formula is C30H23N5O2. The number of benzene rings is 5. The number of aromatic hydroxyl groups is 1. The number of hydrogen-bond donors (Lipinski definition) is 4. The number of nitrogens with two attached hydrogens (primary N) is 1. The molecule has 7 nitrogen and oxygen atoms in total. The predicted molar refractivity (Wildman–Crippen MR) is 149 cm³/mol. The molecular weight excluding hydrogens is 462 g/mol. The minimum atomic E-state index is -0.436. The van der Waals surface area contributed by atoms with Gasteiger partial charge in [-0.05, 0) is 60.3 Å². The summed E-state index contributed by atoms with van der Waals surface area (Å²) in [7, 11) is 0. The first kappa shape index (κ1) is 22.3. The third-order valence-corrected chi connectivity index (χ3v) is 6.53. The molecule has 37 heavy (non-hydrogen) atoms. The first-order valence-electron chi connectivity index (χ1n) is 11.8. The second-order valence-electron chi connectivity index (χ2n) is 8.94. The highest BCUT2D eigenvalue weighted by Gasteiger charge is 2.21. The van der Waals surface area contributed by atoms with E-state index in [1.54, 1.807) is 30.3 Å². The topological polar surface area (TPSA) is 116 Å². The number of carbonyl (C=O) groups excluding carboxylic acids is 1. The molecule has 5 aromatic carbocycles. The Kier molecular flexibility index (Phi) is 5.31. The maximum Gasteiger partial charge on any atom is 0.259 e. The number of hydrogen-bond acceptors (Lipinski definition) is 5. The molecule has 1 aromatic heterocycles.